The third kappa shape index (κ3) is 3.19. The van der Waals surface area contributed by atoms with Gasteiger partial charge in [-0.1, -0.05) is 23.9 Å². The molecule has 0 aliphatic heterocycles. The summed E-state index contributed by atoms with van der Waals surface area (Å²) in [5.74, 6) is 0. The number of thiophene rings is 1. The fraction of sp³-hybridized carbons (Fsp3) is 0.381. The summed E-state index contributed by atoms with van der Waals surface area (Å²) in [6.07, 6.45) is 4.30. The number of thioether (sulfide) groups is 1. The van der Waals surface area contributed by atoms with Gasteiger partial charge in [-0.2, -0.15) is 5.26 Å². The molecule has 1 aromatic carbocycles. The second-order valence-corrected chi connectivity index (χ2v) is 9.50. The number of rotatable bonds is 3. The summed E-state index contributed by atoms with van der Waals surface area (Å²) in [7, 11) is 0. The zero-order chi connectivity index (χ0) is 19.1. The van der Waals surface area contributed by atoms with Crippen LogP contribution in [0.25, 0.3) is 15.9 Å². The molecule has 0 saturated heterocycles. The van der Waals surface area contributed by atoms with E-state index in [9.17, 15) is 10.1 Å². The van der Waals surface area contributed by atoms with Crippen molar-refractivity contribution in [1.82, 2.24) is 9.55 Å². The van der Waals surface area contributed by atoms with Crippen LogP contribution in [0.3, 0.4) is 0 Å². The maximum Gasteiger partial charge on any atom is 0.267 e. The van der Waals surface area contributed by atoms with Crippen molar-refractivity contribution in [2.24, 2.45) is 0 Å². The second-order valence-electron chi connectivity index (χ2n) is 7.11. The molecule has 1 aliphatic carbocycles. The third-order valence-electron chi connectivity index (χ3n) is 5.03. The third-order valence-corrected chi connectivity index (χ3v) is 7.16. The lowest BCUT2D eigenvalue weighted by atomic mass is 9.97. The average molecular weight is 396 g/mol. The summed E-state index contributed by atoms with van der Waals surface area (Å²) >= 11 is 3.01. The lowest BCUT2D eigenvalue weighted by molar-refractivity contribution is 0.699. The number of benzene rings is 1. The highest BCUT2D eigenvalue weighted by molar-refractivity contribution is 8.00. The molecule has 3 aromatic rings. The van der Waals surface area contributed by atoms with Gasteiger partial charge in [-0.15, -0.1) is 11.3 Å². The van der Waals surface area contributed by atoms with Crippen LogP contribution in [0.4, 0.5) is 0 Å². The topological polar surface area (TPSA) is 58.7 Å². The molecule has 0 N–H and O–H groups in total. The van der Waals surface area contributed by atoms with Crippen LogP contribution < -0.4 is 5.56 Å². The van der Waals surface area contributed by atoms with Crippen LogP contribution in [0.2, 0.25) is 0 Å². The van der Waals surface area contributed by atoms with E-state index in [0.717, 1.165) is 46.3 Å². The fourth-order valence-corrected chi connectivity index (χ4v) is 5.73. The van der Waals surface area contributed by atoms with Gasteiger partial charge in [0.15, 0.2) is 5.16 Å². The van der Waals surface area contributed by atoms with E-state index in [0.29, 0.717) is 5.16 Å². The maximum atomic E-state index is 13.6. The van der Waals surface area contributed by atoms with E-state index in [1.165, 1.54) is 28.6 Å². The normalized spacial score (nSPS) is 14.7. The predicted molar refractivity (Wildman–Crippen MR) is 112 cm³/mol. The van der Waals surface area contributed by atoms with E-state index < -0.39 is 0 Å². The number of nitriles is 1. The van der Waals surface area contributed by atoms with Crippen molar-refractivity contribution in [2.45, 2.75) is 56.9 Å². The molecule has 1 aliphatic rings. The highest BCUT2D eigenvalue weighted by Crippen LogP contribution is 2.36. The Morgan fingerprint density at radius 3 is 2.85 bits per heavy atom. The van der Waals surface area contributed by atoms with Crippen LogP contribution in [0, 0.1) is 25.2 Å². The van der Waals surface area contributed by atoms with Gasteiger partial charge in [0.2, 0.25) is 0 Å². The van der Waals surface area contributed by atoms with Crippen LogP contribution >= 0.6 is 23.1 Å². The summed E-state index contributed by atoms with van der Waals surface area (Å²) in [6, 6.07) is 8.36. The molecule has 138 valence electrons. The Kier molecular flexibility index (Phi) is 4.83. The van der Waals surface area contributed by atoms with Crippen molar-refractivity contribution in [2.75, 3.05) is 0 Å². The standard InChI is InChI=1S/C21H21N3OS2/c1-12-8-9-13(2)16(10-12)24-20(25)18-15-6-4-5-7-17(15)27-19(18)23-21(24)26-14(3)11-22/h8-10,14H,4-7H2,1-3H3. The second kappa shape index (κ2) is 7.14. The summed E-state index contributed by atoms with van der Waals surface area (Å²) in [5.41, 5.74) is 4.18. The molecular weight excluding hydrogens is 374 g/mol. The maximum absolute atomic E-state index is 13.6. The molecule has 4 nitrogen and oxygen atoms in total. The van der Waals surface area contributed by atoms with Gasteiger partial charge in [0.25, 0.3) is 5.56 Å². The summed E-state index contributed by atoms with van der Waals surface area (Å²) in [5, 5.41) is 10.4. The molecule has 27 heavy (non-hydrogen) atoms. The molecule has 0 bridgehead atoms. The van der Waals surface area contributed by atoms with Crippen molar-refractivity contribution in [1.29, 1.82) is 5.26 Å². The van der Waals surface area contributed by atoms with Crippen molar-refractivity contribution in [3.05, 3.63) is 50.1 Å². The largest absolute Gasteiger partial charge is 0.268 e. The number of fused-ring (bicyclic) bond motifs is 3. The molecule has 0 saturated carbocycles. The van der Waals surface area contributed by atoms with Gasteiger partial charge in [0.05, 0.1) is 22.4 Å². The van der Waals surface area contributed by atoms with Crippen molar-refractivity contribution in [3.8, 4) is 11.8 Å². The van der Waals surface area contributed by atoms with Gasteiger partial charge in [-0.25, -0.2) is 4.98 Å². The molecule has 1 unspecified atom stereocenters. The Balaban J connectivity index is 2.06. The SMILES string of the molecule is Cc1ccc(C)c(-n2c(SC(C)C#N)nc3sc4c(c3c2=O)CCCC4)c1. The molecular formula is C21H21N3OS2. The van der Waals surface area contributed by atoms with E-state index in [1.807, 2.05) is 39.0 Å². The Morgan fingerprint density at radius 2 is 2.07 bits per heavy atom. The van der Waals surface area contributed by atoms with E-state index in [-0.39, 0.29) is 10.8 Å². The molecule has 2 aromatic heterocycles. The molecule has 0 radical (unpaired) electrons. The minimum atomic E-state index is -0.277. The first-order valence-electron chi connectivity index (χ1n) is 9.21. The average Bonchev–Trinajstić information content (AvgIpc) is 3.02. The van der Waals surface area contributed by atoms with Gasteiger partial charge in [-0.05, 0) is 69.2 Å². The van der Waals surface area contributed by atoms with Crippen molar-refractivity contribution < 1.29 is 0 Å². The number of aryl methyl sites for hydroxylation is 4. The summed E-state index contributed by atoms with van der Waals surface area (Å²) in [4.78, 5) is 20.6. The van der Waals surface area contributed by atoms with Crippen LogP contribution in [0.15, 0.2) is 28.2 Å². The smallest absolute Gasteiger partial charge is 0.267 e. The van der Waals surface area contributed by atoms with E-state index in [2.05, 4.69) is 6.07 Å². The van der Waals surface area contributed by atoms with Crippen molar-refractivity contribution >= 4 is 33.3 Å². The Morgan fingerprint density at radius 1 is 1.30 bits per heavy atom. The minimum absolute atomic E-state index is 0.000685. The van der Waals surface area contributed by atoms with E-state index in [1.54, 1.807) is 15.9 Å². The van der Waals surface area contributed by atoms with Crippen LogP contribution in [-0.2, 0) is 12.8 Å². The quantitative estimate of drug-likeness (QED) is 0.465. The number of hydrogen-bond donors (Lipinski definition) is 0. The lowest BCUT2D eigenvalue weighted by Gasteiger charge is -2.16. The first kappa shape index (κ1) is 18.3. The van der Waals surface area contributed by atoms with Crippen molar-refractivity contribution in [3.63, 3.8) is 0 Å². The first-order valence-corrected chi connectivity index (χ1v) is 10.9. The van der Waals surface area contributed by atoms with Gasteiger partial charge in [0, 0.05) is 4.88 Å². The molecule has 0 spiro atoms. The zero-order valence-corrected chi connectivity index (χ0v) is 17.3. The number of hydrogen-bond acceptors (Lipinski definition) is 5. The van der Waals surface area contributed by atoms with Gasteiger partial charge in [0.1, 0.15) is 4.83 Å². The molecule has 2 heterocycles. The summed E-state index contributed by atoms with van der Waals surface area (Å²) in [6.45, 7) is 5.88. The predicted octanol–water partition coefficient (Wildman–Crippen LogP) is 4.95. The molecule has 1 atom stereocenters. The molecule has 4 rings (SSSR count). The lowest BCUT2D eigenvalue weighted by Crippen LogP contribution is -2.23. The number of nitrogens with zero attached hydrogens (tertiary/aromatic N) is 3. The number of aromatic nitrogens is 2. The Hall–Kier alpha value is -2.10. The fourth-order valence-electron chi connectivity index (χ4n) is 3.62. The molecule has 6 heteroatoms. The highest BCUT2D eigenvalue weighted by atomic mass is 32.2. The van der Waals surface area contributed by atoms with Crippen LogP contribution in [0.5, 0.6) is 0 Å². The van der Waals surface area contributed by atoms with Gasteiger partial charge < -0.3 is 0 Å². The zero-order valence-electron chi connectivity index (χ0n) is 15.7. The summed E-state index contributed by atoms with van der Waals surface area (Å²) < 4.78 is 1.73. The molecule has 0 amide bonds. The van der Waals surface area contributed by atoms with Gasteiger partial charge in [-0.3, -0.25) is 9.36 Å². The minimum Gasteiger partial charge on any atom is -0.268 e. The monoisotopic (exact) mass is 395 g/mol. The van der Waals surface area contributed by atoms with E-state index >= 15 is 0 Å². The Bertz CT molecular complexity index is 1140. The molecule has 0 fully saturated rings. The van der Waals surface area contributed by atoms with E-state index in [4.69, 9.17) is 4.98 Å². The van der Waals surface area contributed by atoms with Crippen LogP contribution in [0.1, 0.15) is 41.3 Å². The Labute approximate surface area is 166 Å². The highest BCUT2D eigenvalue weighted by Gasteiger charge is 2.24. The first-order chi connectivity index (χ1) is 13.0. The van der Waals surface area contributed by atoms with Crippen LogP contribution in [-0.4, -0.2) is 14.8 Å². The van der Waals surface area contributed by atoms with Gasteiger partial charge >= 0.3 is 0 Å².